The van der Waals surface area contributed by atoms with E-state index >= 15 is 0 Å². The molecule has 2 amide bonds. The third-order valence-electron chi connectivity index (χ3n) is 1.85. The summed E-state index contributed by atoms with van der Waals surface area (Å²) in [7, 11) is 0. The second-order valence-electron chi connectivity index (χ2n) is 3.07. The maximum atomic E-state index is 10.9. The average Bonchev–Trinajstić information content (AvgIpc) is 2.17. The molecule has 0 fully saturated rings. The Labute approximate surface area is 87.1 Å². The summed E-state index contributed by atoms with van der Waals surface area (Å²) >= 11 is 0. The fourth-order valence-corrected chi connectivity index (χ4v) is 1.18. The minimum absolute atomic E-state index is 0.211. The summed E-state index contributed by atoms with van der Waals surface area (Å²) in [5, 5.41) is 8.56. The number of carboxylic acid groups (broad SMARTS) is 1. The molecule has 1 aromatic rings. The molecule has 3 N–H and O–H groups in total. The van der Waals surface area contributed by atoms with Crippen LogP contribution in [-0.2, 0) is 11.3 Å². The molecule has 5 nitrogen and oxygen atoms in total. The Bertz CT molecular complexity index is 351. The van der Waals surface area contributed by atoms with Gasteiger partial charge in [-0.2, -0.15) is 0 Å². The van der Waals surface area contributed by atoms with E-state index in [2.05, 4.69) is 0 Å². The van der Waals surface area contributed by atoms with Crippen LogP contribution in [0.3, 0.4) is 0 Å². The number of hydrogen-bond acceptors (Lipinski definition) is 2. The summed E-state index contributed by atoms with van der Waals surface area (Å²) in [5.74, 6) is -1.08. The number of nitrogens with two attached hydrogens (primary N) is 1. The van der Waals surface area contributed by atoms with Crippen molar-refractivity contribution in [1.29, 1.82) is 0 Å². The van der Waals surface area contributed by atoms with Gasteiger partial charge in [-0.05, 0) is 5.56 Å². The first-order valence-corrected chi connectivity index (χ1v) is 4.39. The fraction of sp³-hybridized carbons (Fsp3) is 0.200. The molecule has 0 saturated carbocycles. The zero-order valence-corrected chi connectivity index (χ0v) is 8.09. The van der Waals surface area contributed by atoms with Crippen LogP contribution in [0.2, 0.25) is 0 Å². The van der Waals surface area contributed by atoms with E-state index in [9.17, 15) is 9.59 Å². The Kier molecular flexibility index (Phi) is 3.68. The Morgan fingerprint density at radius 1 is 1.27 bits per heavy atom. The predicted octanol–water partition coefficient (Wildman–Crippen LogP) is 0.652. The fourth-order valence-electron chi connectivity index (χ4n) is 1.18. The lowest BCUT2D eigenvalue weighted by Crippen LogP contribution is -2.38. The van der Waals surface area contributed by atoms with Gasteiger partial charge < -0.3 is 15.7 Å². The smallest absolute Gasteiger partial charge is 0.323 e. The number of urea groups is 1. The van der Waals surface area contributed by atoms with Gasteiger partial charge in [0.2, 0.25) is 0 Å². The lowest BCUT2D eigenvalue weighted by molar-refractivity contribution is -0.137. The van der Waals surface area contributed by atoms with Crippen molar-refractivity contribution in [3.8, 4) is 0 Å². The summed E-state index contributed by atoms with van der Waals surface area (Å²) < 4.78 is 0. The highest BCUT2D eigenvalue weighted by molar-refractivity contribution is 5.78. The standard InChI is InChI=1S/C10H12N2O3/c11-10(15)12(7-9(13)14)6-8-4-2-1-3-5-8/h1-5H,6-7H2,(H2,11,15)(H,13,14). The van der Waals surface area contributed by atoms with E-state index in [-0.39, 0.29) is 13.1 Å². The molecule has 0 aliphatic rings. The monoisotopic (exact) mass is 208 g/mol. The molecule has 0 aromatic heterocycles. The number of aliphatic carboxylic acids is 1. The molecule has 5 heteroatoms. The highest BCUT2D eigenvalue weighted by atomic mass is 16.4. The van der Waals surface area contributed by atoms with Crippen molar-refractivity contribution in [2.75, 3.05) is 6.54 Å². The van der Waals surface area contributed by atoms with Gasteiger partial charge >= 0.3 is 12.0 Å². The van der Waals surface area contributed by atoms with Gasteiger partial charge in [0, 0.05) is 6.54 Å². The van der Waals surface area contributed by atoms with Gasteiger partial charge in [-0.15, -0.1) is 0 Å². The summed E-state index contributed by atoms with van der Waals surface area (Å²) in [5.41, 5.74) is 5.90. The molecule has 0 aliphatic heterocycles. The van der Waals surface area contributed by atoms with E-state index in [1.807, 2.05) is 18.2 Å². The molecule has 1 aromatic carbocycles. The van der Waals surface area contributed by atoms with Crippen LogP contribution in [0.25, 0.3) is 0 Å². The van der Waals surface area contributed by atoms with Crippen LogP contribution in [0.5, 0.6) is 0 Å². The van der Waals surface area contributed by atoms with Gasteiger partial charge in [0.1, 0.15) is 6.54 Å². The van der Waals surface area contributed by atoms with Crippen LogP contribution >= 0.6 is 0 Å². The normalized spacial score (nSPS) is 9.60. The van der Waals surface area contributed by atoms with Crippen molar-refractivity contribution in [1.82, 2.24) is 4.90 Å². The second-order valence-corrected chi connectivity index (χ2v) is 3.07. The molecule has 80 valence electrons. The van der Waals surface area contributed by atoms with Gasteiger partial charge in [-0.3, -0.25) is 4.79 Å². The first kappa shape index (κ1) is 11.0. The number of nitrogens with zero attached hydrogens (tertiary/aromatic N) is 1. The summed E-state index contributed by atoms with van der Waals surface area (Å²) in [6.45, 7) is -0.174. The number of carbonyl (C=O) groups is 2. The zero-order chi connectivity index (χ0) is 11.3. The number of rotatable bonds is 4. The number of carboxylic acids is 1. The maximum absolute atomic E-state index is 10.9. The van der Waals surface area contributed by atoms with Gasteiger partial charge in [-0.1, -0.05) is 30.3 Å². The lowest BCUT2D eigenvalue weighted by atomic mass is 10.2. The molecule has 0 radical (unpaired) electrons. The summed E-state index contributed by atoms with van der Waals surface area (Å²) in [4.78, 5) is 22.4. The minimum atomic E-state index is -1.08. The van der Waals surface area contributed by atoms with Crippen LogP contribution < -0.4 is 5.73 Å². The van der Waals surface area contributed by atoms with Crippen LogP contribution in [0, 0.1) is 0 Å². The lowest BCUT2D eigenvalue weighted by Gasteiger charge is -2.17. The van der Waals surface area contributed by atoms with Crippen molar-refractivity contribution < 1.29 is 14.7 Å². The first-order chi connectivity index (χ1) is 7.09. The van der Waals surface area contributed by atoms with Crippen LogP contribution in [-0.4, -0.2) is 28.6 Å². The molecule has 0 saturated heterocycles. The second kappa shape index (κ2) is 4.99. The number of carbonyl (C=O) groups excluding carboxylic acids is 1. The molecule has 0 unspecified atom stereocenters. The third kappa shape index (κ3) is 3.68. The van der Waals surface area contributed by atoms with Crippen LogP contribution in [0.4, 0.5) is 4.79 Å². The quantitative estimate of drug-likeness (QED) is 0.762. The van der Waals surface area contributed by atoms with E-state index in [1.54, 1.807) is 12.1 Å². The van der Waals surface area contributed by atoms with Crippen molar-refractivity contribution in [3.63, 3.8) is 0 Å². The Morgan fingerprint density at radius 3 is 2.33 bits per heavy atom. The molecular formula is C10H12N2O3. The van der Waals surface area contributed by atoms with Gasteiger partial charge in [0.15, 0.2) is 0 Å². The molecule has 15 heavy (non-hydrogen) atoms. The highest BCUT2D eigenvalue weighted by Gasteiger charge is 2.13. The van der Waals surface area contributed by atoms with E-state index < -0.39 is 12.0 Å². The topological polar surface area (TPSA) is 83.6 Å². The molecule has 0 spiro atoms. The van der Waals surface area contributed by atoms with Crippen molar-refractivity contribution in [2.24, 2.45) is 5.73 Å². The Balaban J connectivity index is 2.67. The predicted molar refractivity (Wildman–Crippen MR) is 54.1 cm³/mol. The van der Waals surface area contributed by atoms with Crippen LogP contribution in [0.1, 0.15) is 5.56 Å². The molecule has 0 atom stereocenters. The third-order valence-corrected chi connectivity index (χ3v) is 1.85. The van der Waals surface area contributed by atoms with E-state index in [0.717, 1.165) is 10.5 Å². The zero-order valence-electron chi connectivity index (χ0n) is 8.09. The number of amides is 2. The molecule has 0 bridgehead atoms. The van der Waals surface area contributed by atoms with Gasteiger partial charge in [0.05, 0.1) is 0 Å². The summed E-state index contributed by atoms with van der Waals surface area (Å²) in [6.07, 6.45) is 0. The Morgan fingerprint density at radius 2 is 1.87 bits per heavy atom. The van der Waals surface area contributed by atoms with E-state index in [4.69, 9.17) is 10.8 Å². The molecule has 0 heterocycles. The van der Waals surface area contributed by atoms with Gasteiger partial charge in [0.25, 0.3) is 0 Å². The first-order valence-electron chi connectivity index (χ1n) is 4.39. The molecule has 1 rings (SSSR count). The van der Waals surface area contributed by atoms with Gasteiger partial charge in [-0.25, -0.2) is 4.79 Å². The SMILES string of the molecule is NC(=O)N(CC(=O)O)Cc1ccccc1. The molecule has 0 aliphatic carbocycles. The highest BCUT2D eigenvalue weighted by Crippen LogP contribution is 2.03. The maximum Gasteiger partial charge on any atom is 0.323 e. The van der Waals surface area contributed by atoms with Crippen molar-refractivity contribution in [2.45, 2.75) is 6.54 Å². The largest absolute Gasteiger partial charge is 0.480 e. The summed E-state index contributed by atoms with van der Waals surface area (Å²) in [6, 6.07) is 8.34. The van der Waals surface area contributed by atoms with E-state index in [1.165, 1.54) is 0 Å². The van der Waals surface area contributed by atoms with Crippen molar-refractivity contribution >= 4 is 12.0 Å². The number of hydrogen-bond donors (Lipinski definition) is 2. The molecular weight excluding hydrogens is 196 g/mol. The number of benzene rings is 1. The van der Waals surface area contributed by atoms with Crippen LogP contribution in [0.15, 0.2) is 30.3 Å². The van der Waals surface area contributed by atoms with Crippen molar-refractivity contribution in [3.05, 3.63) is 35.9 Å². The van der Waals surface area contributed by atoms with E-state index in [0.29, 0.717) is 0 Å². The number of primary amides is 1. The minimum Gasteiger partial charge on any atom is -0.480 e. The Hall–Kier alpha value is -2.04. The average molecular weight is 208 g/mol.